The van der Waals surface area contributed by atoms with Gasteiger partial charge in [0, 0.05) is 12.5 Å². The molecule has 2 heterocycles. The quantitative estimate of drug-likeness (QED) is 0.884. The van der Waals surface area contributed by atoms with E-state index in [4.69, 9.17) is 14.2 Å². The second-order valence-electron chi connectivity index (χ2n) is 6.31. The van der Waals surface area contributed by atoms with Crippen molar-refractivity contribution < 1.29 is 28.9 Å². The summed E-state index contributed by atoms with van der Waals surface area (Å²) in [6.45, 7) is 1.85. The largest absolute Gasteiger partial charge is 0.486 e. The van der Waals surface area contributed by atoms with Crippen LogP contribution in [0.3, 0.4) is 0 Å². The number of ether oxygens (including phenoxy) is 3. The predicted molar refractivity (Wildman–Crippen MR) is 82.2 cm³/mol. The number of nitrogens with zero attached hydrogens (tertiary/aromatic N) is 1. The number of aliphatic carboxylic acids is 1. The number of morpholine rings is 1. The van der Waals surface area contributed by atoms with Crippen molar-refractivity contribution in [2.45, 2.75) is 18.4 Å². The highest BCUT2D eigenvalue weighted by Gasteiger charge is 2.48. The van der Waals surface area contributed by atoms with Crippen molar-refractivity contribution in [2.24, 2.45) is 5.92 Å². The van der Waals surface area contributed by atoms with Gasteiger partial charge in [0.25, 0.3) is 0 Å². The Bertz CT molecular complexity index is 675. The minimum atomic E-state index is -1.01. The summed E-state index contributed by atoms with van der Waals surface area (Å²) in [7, 11) is 0. The summed E-state index contributed by atoms with van der Waals surface area (Å²) in [5.74, 6) is 0.294. The summed E-state index contributed by atoms with van der Waals surface area (Å²) in [5, 5.41) is 9.27. The molecule has 1 aliphatic carbocycles. The molecule has 7 nitrogen and oxygen atoms in total. The molecule has 24 heavy (non-hydrogen) atoms. The number of amides is 1. The van der Waals surface area contributed by atoms with Gasteiger partial charge in [0.2, 0.25) is 5.91 Å². The summed E-state index contributed by atoms with van der Waals surface area (Å²) < 4.78 is 16.3. The predicted octanol–water partition coefficient (Wildman–Crippen LogP) is 0.873. The molecular weight excluding hydrogens is 314 g/mol. The molecule has 0 bridgehead atoms. The molecule has 3 aliphatic rings. The van der Waals surface area contributed by atoms with Gasteiger partial charge in [-0.25, -0.2) is 4.79 Å². The zero-order chi connectivity index (χ0) is 16.7. The molecule has 3 unspecified atom stereocenters. The van der Waals surface area contributed by atoms with E-state index in [0.717, 1.165) is 17.7 Å². The second kappa shape index (κ2) is 5.98. The summed E-state index contributed by atoms with van der Waals surface area (Å²) in [6.07, 6.45) is 0.738. The number of rotatable bonds is 3. The van der Waals surface area contributed by atoms with Crippen molar-refractivity contribution >= 4 is 11.9 Å². The van der Waals surface area contributed by atoms with Crippen LogP contribution < -0.4 is 9.47 Å². The molecule has 1 saturated carbocycles. The van der Waals surface area contributed by atoms with Gasteiger partial charge in [-0.15, -0.1) is 0 Å². The van der Waals surface area contributed by atoms with Crippen LogP contribution in [0, 0.1) is 5.92 Å². The third kappa shape index (κ3) is 2.69. The summed E-state index contributed by atoms with van der Waals surface area (Å²) in [5.41, 5.74) is 1.04. The number of hydrogen-bond donors (Lipinski definition) is 1. The van der Waals surface area contributed by atoms with E-state index in [0.29, 0.717) is 32.1 Å². The lowest BCUT2D eigenvalue weighted by Crippen LogP contribution is -2.53. The molecular formula is C17H19NO6. The van der Waals surface area contributed by atoms with E-state index in [1.165, 1.54) is 4.90 Å². The van der Waals surface area contributed by atoms with Crippen LogP contribution in [-0.4, -0.2) is 60.9 Å². The van der Waals surface area contributed by atoms with E-state index >= 15 is 0 Å². The molecule has 2 aliphatic heterocycles. The first-order valence-electron chi connectivity index (χ1n) is 8.15. The van der Waals surface area contributed by atoms with Gasteiger partial charge in [-0.2, -0.15) is 0 Å². The molecule has 1 aromatic carbocycles. The third-order valence-corrected chi connectivity index (χ3v) is 4.80. The van der Waals surface area contributed by atoms with Gasteiger partial charge in [0.05, 0.1) is 13.2 Å². The third-order valence-electron chi connectivity index (χ3n) is 4.80. The number of carbonyl (C=O) groups excluding carboxylic acids is 1. The molecule has 3 atom stereocenters. The van der Waals surface area contributed by atoms with E-state index < -0.39 is 12.0 Å². The Labute approximate surface area is 139 Å². The first kappa shape index (κ1) is 15.3. The normalized spacial score (nSPS) is 28.3. The lowest BCUT2D eigenvalue weighted by atomic mass is 10.1. The molecule has 0 spiro atoms. The van der Waals surface area contributed by atoms with Crippen molar-refractivity contribution in [3.8, 4) is 11.5 Å². The van der Waals surface area contributed by atoms with Crippen LogP contribution in [0.4, 0.5) is 0 Å². The van der Waals surface area contributed by atoms with E-state index in [9.17, 15) is 14.7 Å². The smallest absolute Gasteiger partial charge is 0.328 e. The summed E-state index contributed by atoms with van der Waals surface area (Å²) in [4.78, 5) is 25.5. The SMILES string of the molecule is O=C(O)C1COCCN1C(=O)C1CC1c1ccc2c(c1)OCCO2. The minimum Gasteiger partial charge on any atom is -0.486 e. The Hall–Kier alpha value is -2.28. The molecule has 0 radical (unpaired) electrons. The molecule has 0 aromatic heterocycles. The molecule has 1 amide bonds. The van der Waals surface area contributed by atoms with E-state index in [2.05, 4.69) is 0 Å². The second-order valence-corrected chi connectivity index (χ2v) is 6.31. The zero-order valence-corrected chi connectivity index (χ0v) is 13.1. The Morgan fingerprint density at radius 1 is 1.12 bits per heavy atom. The van der Waals surface area contributed by atoms with Crippen molar-refractivity contribution in [3.63, 3.8) is 0 Å². The van der Waals surface area contributed by atoms with Gasteiger partial charge in [0.1, 0.15) is 13.2 Å². The van der Waals surface area contributed by atoms with Gasteiger partial charge < -0.3 is 24.2 Å². The lowest BCUT2D eigenvalue weighted by Gasteiger charge is -2.33. The Balaban J connectivity index is 1.47. The van der Waals surface area contributed by atoms with Crippen LogP contribution in [0.1, 0.15) is 17.9 Å². The monoisotopic (exact) mass is 333 g/mol. The van der Waals surface area contributed by atoms with Crippen LogP contribution in [0.5, 0.6) is 11.5 Å². The summed E-state index contributed by atoms with van der Waals surface area (Å²) in [6, 6.07) is 4.88. The van der Waals surface area contributed by atoms with E-state index in [1.54, 1.807) is 0 Å². The molecule has 2 fully saturated rings. The summed E-state index contributed by atoms with van der Waals surface area (Å²) >= 11 is 0. The molecule has 4 rings (SSSR count). The van der Waals surface area contributed by atoms with Gasteiger partial charge >= 0.3 is 5.97 Å². The lowest BCUT2D eigenvalue weighted by molar-refractivity contribution is -0.158. The first-order valence-corrected chi connectivity index (χ1v) is 8.15. The van der Waals surface area contributed by atoms with Crippen LogP contribution in [0.2, 0.25) is 0 Å². The number of carbonyl (C=O) groups is 2. The molecule has 1 saturated heterocycles. The number of benzene rings is 1. The highest BCUT2D eigenvalue weighted by molar-refractivity contribution is 5.88. The van der Waals surface area contributed by atoms with Gasteiger partial charge in [-0.1, -0.05) is 6.07 Å². The Morgan fingerprint density at radius 3 is 2.71 bits per heavy atom. The molecule has 7 heteroatoms. The fraction of sp³-hybridized carbons (Fsp3) is 0.529. The minimum absolute atomic E-state index is 0.0580. The maximum Gasteiger partial charge on any atom is 0.328 e. The highest BCUT2D eigenvalue weighted by atomic mass is 16.6. The van der Waals surface area contributed by atoms with Gasteiger partial charge in [0.15, 0.2) is 17.5 Å². The zero-order valence-electron chi connectivity index (χ0n) is 13.1. The van der Waals surface area contributed by atoms with Crippen molar-refractivity contribution in [2.75, 3.05) is 33.0 Å². The topological polar surface area (TPSA) is 85.3 Å². The van der Waals surface area contributed by atoms with Gasteiger partial charge in [-0.05, 0) is 30.0 Å². The number of carboxylic acids is 1. The first-order chi connectivity index (χ1) is 11.6. The van der Waals surface area contributed by atoms with Crippen LogP contribution in [-0.2, 0) is 14.3 Å². The fourth-order valence-corrected chi connectivity index (χ4v) is 3.41. The van der Waals surface area contributed by atoms with Gasteiger partial charge in [-0.3, -0.25) is 4.79 Å². The van der Waals surface area contributed by atoms with Crippen LogP contribution >= 0.6 is 0 Å². The van der Waals surface area contributed by atoms with Crippen LogP contribution in [0.15, 0.2) is 18.2 Å². The van der Waals surface area contributed by atoms with E-state index in [-0.39, 0.29) is 24.3 Å². The van der Waals surface area contributed by atoms with Crippen molar-refractivity contribution in [1.29, 1.82) is 0 Å². The standard InChI is InChI=1S/C17H19NO6/c19-16(18-3-4-22-9-13(18)17(20)21)12-8-11(12)10-1-2-14-15(7-10)24-6-5-23-14/h1-2,7,11-13H,3-6,8-9H2,(H,20,21). The number of hydrogen-bond acceptors (Lipinski definition) is 5. The number of fused-ring (bicyclic) bond motifs is 1. The Kier molecular flexibility index (Phi) is 3.80. The van der Waals surface area contributed by atoms with Crippen molar-refractivity contribution in [3.05, 3.63) is 23.8 Å². The molecule has 1 N–H and O–H groups in total. The average molecular weight is 333 g/mol. The maximum atomic E-state index is 12.7. The maximum absolute atomic E-state index is 12.7. The molecule has 1 aromatic rings. The van der Waals surface area contributed by atoms with E-state index in [1.807, 2.05) is 18.2 Å². The fourth-order valence-electron chi connectivity index (χ4n) is 3.41. The highest BCUT2D eigenvalue weighted by Crippen LogP contribution is 2.50. The van der Waals surface area contributed by atoms with Crippen molar-refractivity contribution in [1.82, 2.24) is 4.90 Å². The van der Waals surface area contributed by atoms with Crippen LogP contribution in [0.25, 0.3) is 0 Å². The number of carboxylic acid groups (broad SMARTS) is 1. The Morgan fingerprint density at radius 2 is 1.92 bits per heavy atom. The molecule has 128 valence electrons. The average Bonchev–Trinajstić information content (AvgIpc) is 3.41.